The third-order valence-corrected chi connectivity index (χ3v) is 3.51. The second kappa shape index (κ2) is 6.53. The lowest BCUT2D eigenvalue weighted by molar-refractivity contribution is 0.433. The van der Waals surface area contributed by atoms with E-state index in [1.165, 1.54) is 6.07 Å². The normalized spacial score (nSPS) is 12.2. The highest BCUT2D eigenvalue weighted by Crippen LogP contribution is 2.33. The second-order valence-electron chi connectivity index (χ2n) is 4.92. The molecule has 0 saturated carbocycles. The average Bonchev–Trinajstić information content (AvgIpc) is 2.49. The number of rotatable bonds is 5. The molecule has 106 valence electrons. The number of ether oxygens (including phenoxy) is 1. The molecule has 0 radical (unpaired) electrons. The quantitative estimate of drug-likeness (QED) is 0.864. The fourth-order valence-corrected chi connectivity index (χ4v) is 2.07. The van der Waals surface area contributed by atoms with Crippen LogP contribution in [0.3, 0.4) is 0 Å². The summed E-state index contributed by atoms with van der Waals surface area (Å²) in [6.45, 7) is 4.58. The van der Waals surface area contributed by atoms with Crippen molar-refractivity contribution in [1.82, 2.24) is 0 Å². The van der Waals surface area contributed by atoms with Crippen LogP contribution in [0.1, 0.15) is 37.3 Å². The molecule has 0 heterocycles. The minimum atomic E-state index is -0.382. The van der Waals surface area contributed by atoms with Gasteiger partial charge in [0.1, 0.15) is 5.75 Å². The van der Waals surface area contributed by atoms with E-state index in [1.54, 1.807) is 12.1 Å². The van der Waals surface area contributed by atoms with Gasteiger partial charge in [0.25, 0.3) is 0 Å². The topological polar surface area (TPSA) is 35.2 Å². The molecule has 2 aromatic rings. The summed E-state index contributed by atoms with van der Waals surface area (Å²) in [5, 5.41) is 0. The number of benzene rings is 2. The molecule has 2 rings (SSSR count). The Balaban J connectivity index is 2.30. The van der Waals surface area contributed by atoms with Gasteiger partial charge >= 0.3 is 0 Å². The molecule has 0 spiro atoms. The van der Waals surface area contributed by atoms with Crippen LogP contribution in [-0.4, -0.2) is 0 Å². The van der Waals surface area contributed by atoms with E-state index in [2.05, 4.69) is 13.8 Å². The summed E-state index contributed by atoms with van der Waals surface area (Å²) >= 11 is 0. The molecule has 0 aromatic heterocycles. The molecule has 2 nitrogen and oxygen atoms in total. The minimum Gasteiger partial charge on any atom is -0.454 e. The number of hydrogen-bond acceptors (Lipinski definition) is 2. The van der Waals surface area contributed by atoms with E-state index < -0.39 is 0 Å². The van der Waals surface area contributed by atoms with Gasteiger partial charge < -0.3 is 10.5 Å². The van der Waals surface area contributed by atoms with Gasteiger partial charge in [-0.3, -0.25) is 0 Å². The molecule has 0 bridgehead atoms. The fourth-order valence-electron chi connectivity index (χ4n) is 2.07. The molecule has 0 aliphatic carbocycles. The lowest BCUT2D eigenvalue weighted by Crippen LogP contribution is -1.99. The van der Waals surface area contributed by atoms with Crippen LogP contribution in [0.2, 0.25) is 0 Å². The molecule has 1 atom stereocenters. The van der Waals surface area contributed by atoms with Gasteiger partial charge in [0.2, 0.25) is 0 Å². The zero-order valence-electron chi connectivity index (χ0n) is 11.9. The maximum Gasteiger partial charge on any atom is 0.166 e. The third-order valence-electron chi connectivity index (χ3n) is 3.51. The first kappa shape index (κ1) is 14.5. The van der Waals surface area contributed by atoms with Crippen LogP contribution < -0.4 is 10.5 Å². The molecular formula is C17H20FNO. The summed E-state index contributed by atoms with van der Waals surface area (Å²) in [5.74, 6) is 0.934. The number of hydrogen-bond donors (Lipinski definition) is 1. The molecule has 0 amide bonds. The van der Waals surface area contributed by atoms with E-state index >= 15 is 0 Å². The Bertz CT molecular complexity index is 583. The SMILES string of the molecule is CCC(C)c1ccccc1Oc1ccc(CN)cc1F. The first-order valence-corrected chi connectivity index (χ1v) is 6.91. The maximum atomic E-state index is 14.0. The van der Waals surface area contributed by atoms with Gasteiger partial charge in [-0.2, -0.15) is 0 Å². The van der Waals surface area contributed by atoms with Gasteiger partial charge in [0, 0.05) is 6.54 Å². The van der Waals surface area contributed by atoms with Crippen LogP contribution >= 0.6 is 0 Å². The predicted molar refractivity (Wildman–Crippen MR) is 79.5 cm³/mol. The number of nitrogens with two attached hydrogens (primary N) is 1. The summed E-state index contributed by atoms with van der Waals surface area (Å²) in [5.41, 5.74) is 7.35. The molecule has 20 heavy (non-hydrogen) atoms. The van der Waals surface area contributed by atoms with E-state index in [9.17, 15) is 4.39 Å². The van der Waals surface area contributed by atoms with Crippen molar-refractivity contribution in [1.29, 1.82) is 0 Å². The van der Waals surface area contributed by atoms with Crippen molar-refractivity contribution in [2.45, 2.75) is 32.7 Å². The number of para-hydroxylation sites is 1. The van der Waals surface area contributed by atoms with Crippen LogP contribution in [0.4, 0.5) is 4.39 Å². The Labute approximate surface area is 119 Å². The van der Waals surface area contributed by atoms with Crippen molar-refractivity contribution in [3.8, 4) is 11.5 Å². The zero-order chi connectivity index (χ0) is 14.5. The summed E-state index contributed by atoms with van der Waals surface area (Å²) in [6.07, 6.45) is 1.01. The van der Waals surface area contributed by atoms with Gasteiger partial charge in [0.15, 0.2) is 11.6 Å². The lowest BCUT2D eigenvalue weighted by atomic mass is 9.98. The molecule has 2 N–H and O–H groups in total. The molecule has 2 aromatic carbocycles. The van der Waals surface area contributed by atoms with Gasteiger partial charge in [0.05, 0.1) is 0 Å². The van der Waals surface area contributed by atoms with Gasteiger partial charge in [-0.25, -0.2) is 4.39 Å². The van der Waals surface area contributed by atoms with Crippen molar-refractivity contribution in [2.24, 2.45) is 5.73 Å². The van der Waals surface area contributed by atoms with E-state index in [4.69, 9.17) is 10.5 Å². The highest BCUT2D eigenvalue weighted by Gasteiger charge is 2.12. The maximum absolute atomic E-state index is 14.0. The lowest BCUT2D eigenvalue weighted by Gasteiger charge is -2.16. The Hall–Kier alpha value is -1.87. The molecule has 3 heteroatoms. The highest BCUT2D eigenvalue weighted by atomic mass is 19.1. The Morgan fingerprint density at radius 2 is 1.90 bits per heavy atom. The summed E-state index contributed by atoms with van der Waals surface area (Å²) in [4.78, 5) is 0. The Kier molecular flexibility index (Phi) is 4.74. The van der Waals surface area contributed by atoms with E-state index in [0.717, 1.165) is 17.5 Å². The van der Waals surface area contributed by atoms with Crippen molar-refractivity contribution in [3.05, 3.63) is 59.4 Å². The third kappa shape index (κ3) is 3.17. The van der Waals surface area contributed by atoms with Crippen molar-refractivity contribution < 1.29 is 9.13 Å². The van der Waals surface area contributed by atoms with E-state index in [0.29, 0.717) is 18.2 Å². The van der Waals surface area contributed by atoms with Crippen LogP contribution in [0, 0.1) is 5.82 Å². The molecule has 0 fully saturated rings. The van der Waals surface area contributed by atoms with Crippen molar-refractivity contribution >= 4 is 0 Å². The minimum absolute atomic E-state index is 0.234. The van der Waals surface area contributed by atoms with E-state index in [-0.39, 0.29) is 11.6 Å². The molecule has 0 aliphatic rings. The van der Waals surface area contributed by atoms with Crippen LogP contribution in [-0.2, 0) is 6.54 Å². The molecular weight excluding hydrogens is 253 g/mol. The second-order valence-corrected chi connectivity index (χ2v) is 4.92. The average molecular weight is 273 g/mol. The van der Waals surface area contributed by atoms with Gasteiger partial charge in [-0.05, 0) is 41.7 Å². The zero-order valence-corrected chi connectivity index (χ0v) is 11.9. The molecule has 0 saturated heterocycles. The Morgan fingerprint density at radius 1 is 1.15 bits per heavy atom. The van der Waals surface area contributed by atoms with Gasteiger partial charge in [-0.15, -0.1) is 0 Å². The first-order valence-electron chi connectivity index (χ1n) is 6.91. The largest absolute Gasteiger partial charge is 0.454 e. The van der Waals surface area contributed by atoms with Crippen LogP contribution in [0.25, 0.3) is 0 Å². The standard InChI is InChI=1S/C17H20FNO/c1-3-12(2)14-6-4-5-7-16(14)20-17-9-8-13(11-19)10-15(17)18/h4-10,12H,3,11,19H2,1-2H3. The van der Waals surface area contributed by atoms with Gasteiger partial charge in [-0.1, -0.05) is 38.1 Å². The van der Waals surface area contributed by atoms with Crippen molar-refractivity contribution in [3.63, 3.8) is 0 Å². The van der Waals surface area contributed by atoms with Crippen LogP contribution in [0.5, 0.6) is 11.5 Å². The molecule has 0 aliphatic heterocycles. The summed E-state index contributed by atoms with van der Waals surface area (Å²) < 4.78 is 19.7. The van der Waals surface area contributed by atoms with Crippen LogP contribution in [0.15, 0.2) is 42.5 Å². The number of halogens is 1. The van der Waals surface area contributed by atoms with Crippen molar-refractivity contribution in [2.75, 3.05) is 0 Å². The smallest absolute Gasteiger partial charge is 0.166 e. The predicted octanol–water partition coefficient (Wildman–Crippen LogP) is 4.59. The Morgan fingerprint density at radius 3 is 2.55 bits per heavy atom. The summed E-state index contributed by atoms with van der Waals surface area (Å²) in [6, 6.07) is 12.6. The first-order chi connectivity index (χ1) is 9.65. The summed E-state index contributed by atoms with van der Waals surface area (Å²) in [7, 11) is 0. The molecule has 1 unspecified atom stereocenters. The highest BCUT2D eigenvalue weighted by molar-refractivity contribution is 5.40. The monoisotopic (exact) mass is 273 g/mol. The fraction of sp³-hybridized carbons (Fsp3) is 0.294. The van der Waals surface area contributed by atoms with E-state index in [1.807, 2.05) is 24.3 Å².